The summed E-state index contributed by atoms with van der Waals surface area (Å²) in [6.07, 6.45) is 3.30. The maximum absolute atomic E-state index is 14.0. The predicted octanol–water partition coefficient (Wildman–Crippen LogP) is 5.90. The summed E-state index contributed by atoms with van der Waals surface area (Å²) in [5.41, 5.74) is 4.84. The molecule has 5 nitrogen and oxygen atoms in total. The van der Waals surface area contributed by atoms with E-state index in [2.05, 4.69) is 44.7 Å². The Labute approximate surface area is 196 Å². The highest BCUT2D eigenvalue weighted by Crippen LogP contribution is 2.52. The van der Waals surface area contributed by atoms with Crippen LogP contribution in [0.2, 0.25) is 0 Å². The molecule has 2 unspecified atom stereocenters. The smallest absolute Gasteiger partial charge is 0.272 e. The standard InChI is InChI=1S/C28H33N3O2/c1-19-9-11-21(12-10-19)31-25(14-24(29-31)20-7-6-8-23(13-20)33-5)26(32)30-18-28(4)16-22(30)15-27(2,3)17-28/h6-14,22H,15-18H2,1-5H3. The van der Waals surface area contributed by atoms with Gasteiger partial charge in [0.2, 0.25) is 0 Å². The molecule has 2 aliphatic rings. The van der Waals surface area contributed by atoms with Gasteiger partial charge < -0.3 is 9.64 Å². The molecule has 0 spiro atoms. The van der Waals surface area contributed by atoms with E-state index in [1.807, 2.05) is 47.1 Å². The molecule has 172 valence electrons. The van der Waals surface area contributed by atoms with Gasteiger partial charge in [0.15, 0.2) is 0 Å². The number of nitrogens with zero attached hydrogens (tertiary/aromatic N) is 3. The number of fused-ring (bicyclic) bond motifs is 2. The maximum Gasteiger partial charge on any atom is 0.272 e. The molecule has 1 saturated carbocycles. The summed E-state index contributed by atoms with van der Waals surface area (Å²) in [6.45, 7) is 9.89. The van der Waals surface area contributed by atoms with Gasteiger partial charge in [0.05, 0.1) is 18.5 Å². The van der Waals surface area contributed by atoms with E-state index in [1.165, 1.54) is 5.56 Å². The van der Waals surface area contributed by atoms with Crippen LogP contribution in [-0.2, 0) is 0 Å². The molecular formula is C28H33N3O2. The van der Waals surface area contributed by atoms with Crippen LogP contribution in [0.4, 0.5) is 0 Å². The fourth-order valence-electron chi connectivity index (χ4n) is 6.18. The first-order valence-corrected chi connectivity index (χ1v) is 11.8. The molecule has 1 aliphatic carbocycles. The van der Waals surface area contributed by atoms with Crippen molar-refractivity contribution in [1.29, 1.82) is 0 Å². The lowest BCUT2D eigenvalue weighted by molar-refractivity contribution is 0.0699. The van der Waals surface area contributed by atoms with E-state index in [0.29, 0.717) is 5.69 Å². The van der Waals surface area contributed by atoms with Gasteiger partial charge in [-0.05, 0) is 67.3 Å². The second kappa shape index (κ2) is 7.75. The van der Waals surface area contributed by atoms with Crippen molar-refractivity contribution >= 4 is 5.91 Å². The SMILES string of the molecule is COc1cccc(-c2cc(C(=O)N3CC4(C)CC3CC(C)(C)C4)n(-c3ccc(C)cc3)n2)c1. The van der Waals surface area contributed by atoms with Gasteiger partial charge >= 0.3 is 0 Å². The lowest BCUT2D eigenvalue weighted by Gasteiger charge is -2.39. The Morgan fingerprint density at radius 2 is 1.82 bits per heavy atom. The van der Waals surface area contributed by atoms with Gasteiger partial charge in [-0.2, -0.15) is 5.10 Å². The molecule has 2 atom stereocenters. The second-order valence-corrected chi connectivity index (χ2v) is 11.0. The summed E-state index contributed by atoms with van der Waals surface area (Å²) < 4.78 is 7.22. The van der Waals surface area contributed by atoms with Crippen LogP contribution in [0.3, 0.4) is 0 Å². The molecule has 2 bridgehead atoms. The predicted molar refractivity (Wildman–Crippen MR) is 131 cm³/mol. The van der Waals surface area contributed by atoms with Crippen LogP contribution in [0.15, 0.2) is 54.6 Å². The largest absolute Gasteiger partial charge is 0.497 e. The summed E-state index contributed by atoms with van der Waals surface area (Å²) >= 11 is 0. The number of benzene rings is 2. The summed E-state index contributed by atoms with van der Waals surface area (Å²) in [7, 11) is 1.66. The van der Waals surface area contributed by atoms with E-state index in [0.717, 1.165) is 48.5 Å². The van der Waals surface area contributed by atoms with Crippen LogP contribution in [-0.4, -0.2) is 40.3 Å². The van der Waals surface area contributed by atoms with E-state index in [4.69, 9.17) is 9.84 Å². The van der Waals surface area contributed by atoms with Crippen LogP contribution in [0.25, 0.3) is 16.9 Å². The van der Waals surface area contributed by atoms with Crippen molar-refractivity contribution in [3.8, 4) is 22.7 Å². The number of likely N-dealkylation sites (tertiary alicyclic amines) is 1. The number of methoxy groups -OCH3 is 1. The number of carbonyl (C=O) groups is 1. The van der Waals surface area contributed by atoms with Crippen LogP contribution in [0.1, 0.15) is 56.1 Å². The molecular weight excluding hydrogens is 410 g/mol. The minimum absolute atomic E-state index is 0.0728. The molecule has 1 saturated heterocycles. The fourth-order valence-corrected chi connectivity index (χ4v) is 6.18. The number of amides is 1. The third-order valence-corrected chi connectivity index (χ3v) is 7.25. The van der Waals surface area contributed by atoms with Crippen molar-refractivity contribution < 1.29 is 9.53 Å². The van der Waals surface area contributed by atoms with E-state index in [1.54, 1.807) is 7.11 Å². The van der Waals surface area contributed by atoms with Crippen LogP contribution >= 0.6 is 0 Å². The van der Waals surface area contributed by atoms with E-state index < -0.39 is 0 Å². The van der Waals surface area contributed by atoms with Crippen LogP contribution < -0.4 is 4.74 Å². The fraction of sp³-hybridized carbons (Fsp3) is 0.429. The zero-order valence-electron chi connectivity index (χ0n) is 20.3. The Morgan fingerprint density at radius 3 is 2.55 bits per heavy atom. The van der Waals surface area contributed by atoms with Gasteiger partial charge in [0, 0.05) is 18.2 Å². The van der Waals surface area contributed by atoms with Crippen LogP contribution in [0, 0.1) is 17.8 Å². The first-order valence-electron chi connectivity index (χ1n) is 11.8. The molecule has 5 rings (SSSR count). The van der Waals surface area contributed by atoms with Gasteiger partial charge in [-0.15, -0.1) is 0 Å². The van der Waals surface area contributed by atoms with Gasteiger partial charge in [-0.3, -0.25) is 4.79 Å². The Bertz CT molecular complexity index is 1190. The maximum atomic E-state index is 14.0. The van der Waals surface area contributed by atoms with Crippen molar-refractivity contribution in [3.05, 3.63) is 65.9 Å². The Morgan fingerprint density at radius 1 is 1.06 bits per heavy atom. The quantitative estimate of drug-likeness (QED) is 0.505. The molecule has 1 aromatic heterocycles. The molecule has 3 aromatic rings. The summed E-state index contributed by atoms with van der Waals surface area (Å²) in [5, 5.41) is 4.89. The molecule has 33 heavy (non-hydrogen) atoms. The summed E-state index contributed by atoms with van der Waals surface area (Å²) in [6, 6.07) is 18.2. The Kier molecular flexibility index (Phi) is 5.11. The molecule has 2 aromatic carbocycles. The first kappa shape index (κ1) is 21.7. The lowest BCUT2D eigenvalue weighted by atomic mass is 9.65. The van der Waals surface area contributed by atoms with E-state index in [-0.39, 0.29) is 22.8 Å². The monoisotopic (exact) mass is 443 g/mol. The minimum atomic E-state index is 0.0728. The first-order chi connectivity index (χ1) is 15.7. The highest BCUT2D eigenvalue weighted by molar-refractivity contribution is 5.95. The lowest BCUT2D eigenvalue weighted by Crippen LogP contribution is -2.38. The van der Waals surface area contributed by atoms with Gasteiger partial charge in [-0.1, -0.05) is 50.6 Å². The van der Waals surface area contributed by atoms with Crippen molar-refractivity contribution in [1.82, 2.24) is 14.7 Å². The highest BCUT2D eigenvalue weighted by atomic mass is 16.5. The number of rotatable bonds is 4. The number of hydrogen-bond acceptors (Lipinski definition) is 3. The Hall–Kier alpha value is -3.08. The number of aromatic nitrogens is 2. The minimum Gasteiger partial charge on any atom is -0.497 e. The van der Waals surface area contributed by atoms with Gasteiger partial charge in [0.25, 0.3) is 5.91 Å². The van der Waals surface area contributed by atoms with Crippen molar-refractivity contribution in [3.63, 3.8) is 0 Å². The van der Waals surface area contributed by atoms with Crippen LogP contribution in [0.5, 0.6) is 5.75 Å². The van der Waals surface area contributed by atoms with E-state index >= 15 is 0 Å². The topological polar surface area (TPSA) is 47.4 Å². The van der Waals surface area contributed by atoms with E-state index in [9.17, 15) is 4.79 Å². The molecule has 1 aliphatic heterocycles. The molecule has 2 heterocycles. The van der Waals surface area contributed by atoms with Crippen molar-refractivity contribution in [2.45, 2.75) is 53.0 Å². The Balaban J connectivity index is 1.58. The summed E-state index contributed by atoms with van der Waals surface area (Å²) in [5.74, 6) is 0.845. The average Bonchev–Trinajstić information content (AvgIpc) is 3.32. The molecule has 1 amide bonds. The average molecular weight is 444 g/mol. The number of hydrogen-bond donors (Lipinski definition) is 0. The molecule has 0 radical (unpaired) electrons. The van der Waals surface area contributed by atoms with Crippen molar-refractivity contribution in [2.75, 3.05) is 13.7 Å². The number of aryl methyl sites for hydroxylation is 1. The third kappa shape index (κ3) is 4.05. The molecule has 0 N–H and O–H groups in total. The number of ether oxygens (including phenoxy) is 1. The zero-order chi connectivity index (χ0) is 23.4. The van der Waals surface area contributed by atoms with Gasteiger partial charge in [-0.25, -0.2) is 4.68 Å². The third-order valence-electron chi connectivity index (χ3n) is 7.25. The number of carbonyl (C=O) groups excluding carboxylic acids is 1. The zero-order valence-corrected chi connectivity index (χ0v) is 20.3. The summed E-state index contributed by atoms with van der Waals surface area (Å²) in [4.78, 5) is 16.1. The normalized spacial score (nSPS) is 23.5. The van der Waals surface area contributed by atoms with Gasteiger partial charge in [0.1, 0.15) is 11.4 Å². The second-order valence-electron chi connectivity index (χ2n) is 11.0. The highest BCUT2D eigenvalue weighted by Gasteiger charge is 2.51. The molecule has 2 fully saturated rings. The van der Waals surface area contributed by atoms with Crippen molar-refractivity contribution in [2.24, 2.45) is 10.8 Å². The molecule has 5 heteroatoms.